The highest BCUT2D eigenvalue weighted by molar-refractivity contribution is 8.00. The van der Waals surface area contributed by atoms with Gasteiger partial charge in [0, 0.05) is 9.49 Å². The molecule has 1 aromatic rings. The minimum Gasteiger partial charge on any atom is -0.168 e. The highest BCUT2D eigenvalue weighted by Crippen LogP contribution is 2.50. The lowest BCUT2D eigenvalue weighted by Gasteiger charge is -2.47. The van der Waals surface area contributed by atoms with Crippen molar-refractivity contribution >= 4 is 24.4 Å². The molecule has 2 heteroatoms. The van der Waals surface area contributed by atoms with E-state index in [0.29, 0.717) is 10.2 Å². The first kappa shape index (κ1) is 26.0. The summed E-state index contributed by atoms with van der Waals surface area (Å²) in [6.45, 7) is 23.7. The van der Waals surface area contributed by atoms with E-state index in [1.165, 1.54) is 30.4 Å². The Labute approximate surface area is 186 Å². The molecule has 0 heterocycles. The molecule has 0 saturated carbocycles. The third-order valence-electron chi connectivity index (χ3n) is 7.51. The molecular formula is C26H46S2. The van der Waals surface area contributed by atoms with Gasteiger partial charge in [-0.05, 0) is 66.7 Å². The number of hydrogen-bond acceptors (Lipinski definition) is 2. The van der Waals surface area contributed by atoms with Crippen molar-refractivity contribution in [1.82, 2.24) is 0 Å². The molecule has 2 atom stereocenters. The third kappa shape index (κ3) is 5.97. The molecule has 0 amide bonds. The zero-order chi connectivity index (χ0) is 22.0. The van der Waals surface area contributed by atoms with E-state index in [2.05, 4.69) is 99.8 Å². The maximum atomic E-state index is 5.06. The molecule has 0 radical (unpaired) electrons. The van der Waals surface area contributed by atoms with Crippen molar-refractivity contribution in [3.8, 4) is 0 Å². The van der Waals surface area contributed by atoms with E-state index in [-0.39, 0.29) is 15.6 Å². The average Bonchev–Trinajstić information content (AvgIpc) is 2.59. The molecule has 0 aliphatic rings. The number of hydrogen-bond donors (Lipinski definition) is 1. The molecule has 1 aromatic carbocycles. The maximum Gasteiger partial charge on any atom is 0.0355 e. The third-order valence-corrected chi connectivity index (χ3v) is 9.67. The summed E-state index contributed by atoms with van der Waals surface area (Å²) in [4.78, 5) is 0. The summed E-state index contributed by atoms with van der Waals surface area (Å²) in [6.07, 6.45) is 6.89. The van der Waals surface area contributed by atoms with Crippen LogP contribution in [0.1, 0.15) is 106 Å². The van der Waals surface area contributed by atoms with Crippen LogP contribution in [0, 0.1) is 10.8 Å². The van der Waals surface area contributed by atoms with Gasteiger partial charge in [0.2, 0.25) is 0 Å². The van der Waals surface area contributed by atoms with Crippen molar-refractivity contribution in [2.45, 2.75) is 110 Å². The SMILES string of the molecule is CCC(C)(C)CC(C)(S)c1ccc(C(C)(C)CC(C)(C)C(C)(CC)SC)cc1. The van der Waals surface area contributed by atoms with E-state index in [9.17, 15) is 0 Å². The van der Waals surface area contributed by atoms with Gasteiger partial charge >= 0.3 is 0 Å². The lowest BCUT2D eigenvalue weighted by Crippen LogP contribution is -2.42. The molecular weight excluding hydrogens is 376 g/mol. The van der Waals surface area contributed by atoms with E-state index < -0.39 is 0 Å². The fraction of sp³-hybridized carbons (Fsp3) is 0.769. The predicted octanol–water partition coefficient (Wildman–Crippen LogP) is 8.88. The molecule has 0 nitrogen and oxygen atoms in total. The average molecular weight is 423 g/mol. The van der Waals surface area contributed by atoms with E-state index in [1.54, 1.807) is 0 Å². The fourth-order valence-corrected chi connectivity index (χ4v) is 6.22. The lowest BCUT2D eigenvalue weighted by atomic mass is 9.65. The number of benzene rings is 1. The van der Waals surface area contributed by atoms with Crippen molar-refractivity contribution in [2.24, 2.45) is 10.8 Å². The van der Waals surface area contributed by atoms with Gasteiger partial charge in [-0.25, -0.2) is 0 Å². The van der Waals surface area contributed by atoms with Crippen LogP contribution in [0.2, 0.25) is 0 Å². The first-order valence-corrected chi connectivity index (χ1v) is 12.6. The topological polar surface area (TPSA) is 0 Å². The first-order valence-electron chi connectivity index (χ1n) is 10.9. The number of rotatable bonds is 10. The monoisotopic (exact) mass is 422 g/mol. The van der Waals surface area contributed by atoms with Crippen LogP contribution >= 0.6 is 24.4 Å². The molecule has 0 saturated heterocycles. The molecule has 162 valence electrons. The van der Waals surface area contributed by atoms with E-state index in [1.807, 2.05) is 11.8 Å². The Hall–Kier alpha value is -0.0800. The maximum absolute atomic E-state index is 5.06. The summed E-state index contributed by atoms with van der Waals surface area (Å²) in [5.74, 6) is 0. The van der Waals surface area contributed by atoms with Crippen molar-refractivity contribution in [3.05, 3.63) is 35.4 Å². The minimum absolute atomic E-state index is 0.0961. The van der Waals surface area contributed by atoms with E-state index in [0.717, 1.165) is 6.42 Å². The second-order valence-electron chi connectivity index (χ2n) is 11.3. The van der Waals surface area contributed by atoms with Gasteiger partial charge in [-0.15, -0.1) is 0 Å². The predicted molar refractivity (Wildman–Crippen MR) is 135 cm³/mol. The normalized spacial score (nSPS) is 17.9. The van der Waals surface area contributed by atoms with Crippen molar-refractivity contribution < 1.29 is 0 Å². The molecule has 28 heavy (non-hydrogen) atoms. The Balaban J connectivity index is 3.09. The summed E-state index contributed by atoms with van der Waals surface area (Å²) in [7, 11) is 0. The standard InChI is InChI=1S/C26H46S2/c1-12-22(3,4)18-25(9,27)21-16-14-20(15-17-21)23(5,6)19-24(7,8)26(10,13-2)28-11/h14-17,27H,12-13,18-19H2,1-11H3. The molecule has 0 aromatic heterocycles. The molecule has 0 bridgehead atoms. The van der Waals surface area contributed by atoms with Crippen LogP contribution in [-0.4, -0.2) is 11.0 Å². The Bertz CT molecular complexity index is 616. The van der Waals surface area contributed by atoms with Gasteiger partial charge in [0.05, 0.1) is 0 Å². The number of thioether (sulfide) groups is 1. The van der Waals surface area contributed by atoms with Crippen LogP contribution in [-0.2, 0) is 10.2 Å². The summed E-state index contributed by atoms with van der Waals surface area (Å²) in [5, 5.41) is 0. The first-order chi connectivity index (χ1) is 12.6. The van der Waals surface area contributed by atoms with Crippen LogP contribution in [0.5, 0.6) is 0 Å². The second kappa shape index (κ2) is 8.96. The lowest BCUT2D eigenvalue weighted by molar-refractivity contribution is 0.190. The highest BCUT2D eigenvalue weighted by atomic mass is 32.2. The second-order valence-corrected chi connectivity index (χ2v) is 13.6. The number of thiol groups is 1. The Kier molecular flexibility index (Phi) is 8.31. The molecule has 0 aliphatic carbocycles. The summed E-state index contributed by atoms with van der Waals surface area (Å²) in [6, 6.07) is 9.33. The van der Waals surface area contributed by atoms with Crippen molar-refractivity contribution in [2.75, 3.05) is 6.26 Å². The summed E-state index contributed by atoms with van der Waals surface area (Å²) < 4.78 is 0.195. The Morgan fingerprint density at radius 2 is 1.21 bits per heavy atom. The highest BCUT2D eigenvalue weighted by Gasteiger charge is 2.43. The van der Waals surface area contributed by atoms with Gasteiger partial charge in [-0.3, -0.25) is 0 Å². The minimum atomic E-state index is -0.0961. The Morgan fingerprint density at radius 1 is 0.750 bits per heavy atom. The molecule has 0 spiro atoms. The zero-order valence-corrected chi connectivity index (χ0v) is 22.2. The Morgan fingerprint density at radius 3 is 1.61 bits per heavy atom. The summed E-state index contributed by atoms with van der Waals surface area (Å²) in [5.41, 5.74) is 3.47. The van der Waals surface area contributed by atoms with Gasteiger partial charge in [-0.1, -0.05) is 86.1 Å². The molecule has 1 rings (SSSR count). The van der Waals surface area contributed by atoms with Gasteiger partial charge in [0.15, 0.2) is 0 Å². The van der Waals surface area contributed by atoms with Crippen LogP contribution in [0.15, 0.2) is 24.3 Å². The van der Waals surface area contributed by atoms with Crippen LogP contribution < -0.4 is 0 Å². The van der Waals surface area contributed by atoms with Crippen LogP contribution in [0.4, 0.5) is 0 Å². The van der Waals surface area contributed by atoms with Gasteiger partial charge in [0.1, 0.15) is 0 Å². The molecule has 2 unspecified atom stereocenters. The molecule has 0 N–H and O–H groups in total. The summed E-state index contributed by atoms with van der Waals surface area (Å²) >= 11 is 7.08. The largest absolute Gasteiger partial charge is 0.168 e. The van der Waals surface area contributed by atoms with Gasteiger partial charge in [0.25, 0.3) is 0 Å². The molecule has 0 aliphatic heterocycles. The van der Waals surface area contributed by atoms with Crippen LogP contribution in [0.25, 0.3) is 0 Å². The zero-order valence-electron chi connectivity index (χ0n) is 20.5. The van der Waals surface area contributed by atoms with E-state index in [4.69, 9.17) is 12.6 Å². The van der Waals surface area contributed by atoms with E-state index >= 15 is 0 Å². The quantitative estimate of drug-likeness (QED) is 0.367. The van der Waals surface area contributed by atoms with Gasteiger partial charge in [-0.2, -0.15) is 24.4 Å². The van der Waals surface area contributed by atoms with Crippen molar-refractivity contribution in [3.63, 3.8) is 0 Å². The smallest absolute Gasteiger partial charge is 0.0355 e. The van der Waals surface area contributed by atoms with Crippen molar-refractivity contribution in [1.29, 1.82) is 0 Å². The van der Waals surface area contributed by atoms with Crippen LogP contribution in [0.3, 0.4) is 0 Å². The van der Waals surface area contributed by atoms with Gasteiger partial charge < -0.3 is 0 Å². The molecule has 0 fully saturated rings. The fourth-order valence-electron chi connectivity index (χ4n) is 4.73.